The van der Waals surface area contributed by atoms with Crippen molar-refractivity contribution >= 4 is 9.84 Å². The van der Waals surface area contributed by atoms with Gasteiger partial charge in [0.1, 0.15) is 11.5 Å². The summed E-state index contributed by atoms with van der Waals surface area (Å²) in [6.45, 7) is 2.43. The minimum absolute atomic E-state index is 0.0574. The maximum Gasteiger partial charge on any atom is 0.182 e. The molecule has 0 spiro atoms. The fourth-order valence-electron chi connectivity index (χ4n) is 1.97. The molecule has 0 unspecified atom stereocenters. The first-order valence-corrected chi connectivity index (χ1v) is 8.29. The van der Waals surface area contributed by atoms with Crippen molar-refractivity contribution in [1.29, 1.82) is 0 Å². The van der Waals surface area contributed by atoms with E-state index in [1.807, 2.05) is 6.92 Å². The van der Waals surface area contributed by atoms with Gasteiger partial charge in [-0.2, -0.15) is 0 Å². The second kappa shape index (κ2) is 6.63. The summed E-state index contributed by atoms with van der Waals surface area (Å²) in [6, 6.07) is 13.5. The molecule has 0 atom stereocenters. The number of sulfone groups is 1. The Balaban J connectivity index is 2.21. The molecule has 0 aliphatic carbocycles. The van der Waals surface area contributed by atoms with Crippen LogP contribution >= 0.6 is 0 Å². The number of hydrogen-bond acceptors (Lipinski definition) is 4. The lowest BCUT2D eigenvalue weighted by Gasteiger charge is -2.08. The minimum Gasteiger partial charge on any atom is -0.497 e. The average molecular weight is 306 g/mol. The molecule has 2 aromatic carbocycles. The van der Waals surface area contributed by atoms with Crippen LogP contribution in [0.15, 0.2) is 53.4 Å². The molecule has 0 saturated heterocycles. The Hall–Kier alpha value is -2.01. The zero-order valence-corrected chi connectivity index (χ0v) is 12.9. The lowest BCUT2D eigenvalue weighted by Crippen LogP contribution is -2.05. The van der Waals surface area contributed by atoms with Crippen molar-refractivity contribution < 1.29 is 17.9 Å². The van der Waals surface area contributed by atoms with Crippen LogP contribution in [0, 0.1) is 0 Å². The van der Waals surface area contributed by atoms with Gasteiger partial charge >= 0.3 is 0 Å². The van der Waals surface area contributed by atoms with Gasteiger partial charge in [0.15, 0.2) is 9.84 Å². The Labute approximate surface area is 125 Å². The van der Waals surface area contributed by atoms with Gasteiger partial charge in [0.05, 0.1) is 24.4 Å². The normalized spacial score (nSPS) is 11.1. The van der Waals surface area contributed by atoms with Gasteiger partial charge in [-0.15, -0.1) is 0 Å². The predicted octanol–water partition coefficient (Wildman–Crippen LogP) is 3.07. The van der Waals surface area contributed by atoms with Crippen molar-refractivity contribution in [2.45, 2.75) is 17.6 Å². The van der Waals surface area contributed by atoms with E-state index in [0.29, 0.717) is 23.7 Å². The van der Waals surface area contributed by atoms with Crippen LogP contribution in [-0.2, 0) is 15.6 Å². The van der Waals surface area contributed by atoms with Crippen molar-refractivity contribution in [1.82, 2.24) is 0 Å². The van der Waals surface area contributed by atoms with E-state index in [1.165, 1.54) is 0 Å². The summed E-state index contributed by atoms with van der Waals surface area (Å²) >= 11 is 0. The molecule has 0 fully saturated rings. The maximum atomic E-state index is 12.4. The lowest BCUT2D eigenvalue weighted by atomic mass is 10.2. The molecule has 2 aromatic rings. The van der Waals surface area contributed by atoms with E-state index in [1.54, 1.807) is 55.6 Å². The summed E-state index contributed by atoms with van der Waals surface area (Å²) in [6.07, 6.45) is 0. The molecule has 0 radical (unpaired) electrons. The molecule has 0 aromatic heterocycles. The molecule has 0 saturated carbocycles. The third-order valence-electron chi connectivity index (χ3n) is 2.98. The molecule has 4 nitrogen and oxygen atoms in total. The molecule has 0 N–H and O–H groups in total. The second-order valence-corrected chi connectivity index (χ2v) is 6.50. The van der Waals surface area contributed by atoms with Crippen molar-refractivity contribution in [2.24, 2.45) is 0 Å². The standard InChI is InChI=1S/C16H18O4S/c1-3-20-14-7-9-16(10-8-14)21(17,18)12-13-5-4-6-15(11-13)19-2/h4-11H,3,12H2,1-2H3. The highest BCUT2D eigenvalue weighted by molar-refractivity contribution is 7.90. The van der Waals surface area contributed by atoms with Gasteiger partial charge in [0.25, 0.3) is 0 Å². The van der Waals surface area contributed by atoms with Crippen LogP contribution in [0.5, 0.6) is 11.5 Å². The topological polar surface area (TPSA) is 52.6 Å². The van der Waals surface area contributed by atoms with Gasteiger partial charge < -0.3 is 9.47 Å². The molecule has 2 rings (SSSR count). The number of hydrogen-bond donors (Lipinski definition) is 0. The summed E-state index contributed by atoms with van der Waals surface area (Å²) in [5.74, 6) is 1.25. The Bertz CT molecular complexity index is 690. The molecule has 0 heterocycles. The zero-order valence-electron chi connectivity index (χ0n) is 12.1. The molecule has 0 bridgehead atoms. The van der Waals surface area contributed by atoms with Crippen molar-refractivity contribution in [3.63, 3.8) is 0 Å². The van der Waals surface area contributed by atoms with E-state index in [0.717, 1.165) is 0 Å². The highest BCUT2D eigenvalue weighted by Gasteiger charge is 2.15. The highest BCUT2D eigenvalue weighted by Crippen LogP contribution is 2.21. The van der Waals surface area contributed by atoms with Gasteiger partial charge in [-0.05, 0) is 48.9 Å². The van der Waals surface area contributed by atoms with E-state index in [9.17, 15) is 8.42 Å². The Morgan fingerprint density at radius 1 is 1.00 bits per heavy atom. The number of rotatable bonds is 6. The summed E-state index contributed by atoms with van der Waals surface area (Å²) in [7, 11) is -1.83. The second-order valence-electron chi connectivity index (χ2n) is 4.52. The Morgan fingerprint density at radius 3 is 2.33 bits per heavy atom. The van der Waals surface area contributed by atoms with Crippen LogP contribution in [0.2, 0.25) is 0 Å². The molecule has 0 aliphatic heterocycles. The Kier molecular flexibility index (Phi) is 4.85. The van der Waals surface area contributed by atoms with Gasteiger partial charge in [0.2, 0.25) is 0 Å². The van der Waals surface area contributed by atoms with Crippen molar-refractivity contribution in [3.8, 4) is 11.5 Å². The lowest BCUT2D eigenvalue weighted by molar-refractivity contribution is 0.340. The third-order valence-corrected chi connectivity index (χ3v) is 4.69. The third kappa shape index (κ3) is 3.98. The van der Waals surface area contributed by atoms with E-state index < -0.39 is 9.84 Å². The minimum atomic E-state index is -3.38. The first-order valence-electron chi connectivity index (χ1n) is 6.63. The highest BCUT2D eigenvalue weighted by atomic mass is 32.2. The molecular formula is C16H18O4S. The van der Waals surface area contributed by atoms with Crippen LogP contribution in [-0.4, -0.2) is 22.1 Å². The van der Waals surface area contributed by atoms with Gasteiger partial charge in [-0.1, -0.05) is 12.1 Å². The van der Waals surface area contributed by atoms with E-state index in [2.05, 4.69) is 0 Å². The summed E-state index contributed by atoms with van der Waals surface area (Å²) < 4.78 is 35.2. The largest absolute Gasteiger partial charge is 0.497 e. The van der Waals surface area contributed by atoms with Crippen molar-refractivity contribution in [2.75, 3.05) is 13.7 Å². The van der Waals surface area contributed by atoms with E-state index in [4.69, 9.17) is 9.47 Å². The molecule has 5 heteroatoms. The van der Waals surface area contributed by atoms with Gasteiger partial charge in [-0.25, -0.2) is 8.42 Å². The van der Waals surface area contributed by atoms with E-state index >= 15 is 0 Å². The molecule has 112 valence electrons. The first kappa shape index (κ1) is 15.4. The summed E-state index contributed by atoms with van der Waals surface area (Å²) in [5, 5.41) is 0. The van der Waals surface area contributed by atoms with Crippen LogP contribution in [0.3, 0.4) is 0 Å². The van der Waals surface area contributed by atoms with Gasteiger partial charge in [-0.3, -0.25) is 0 Å². The smallest absolute Gasteiger partial charge is 0.182 e. The van der Waals surface area contributed by atoms with Gasteiger partial charge in [0, 0.05) is 0 Å². The quantitative estimate of drug-likeness (QED) is 0.823. The first-order chi connectivity index (χ1) is 10.0. The number of methoxy groups -OCH3 is 1. The number of benzene rings is 2. The molecule has 0 amide bonds. The average Bonchev–Trinajstić information content (AvgIpc) is 2.48. The van der Waals surface area contributed by atoms with Crippen LogP contribution in [0.4, 0.5) is 0 Å². The zero-order chi connectivity index (χ0) is 15.3. The Morgan fingerprint density at radius 2 is 1.71 bits per heavy atom. The van der Waals surface area contributed by atoms with Crippen LogP contribution in [0.1, 0.15) is 12.5 Å². The van der Waals surface area contributed by atoms with Crippen molar-refractivity contribution in [3.05, 3.63) is 54.1 Å². The van der Waals surface area contributed by atoms with E-state index in [-0.39, 0.29) is 10.6 Å². The molecular weight excluding hydrogens is 288 g/mol. The molecule has 0 aliphatic rings. The predicted molar refractivity (Wildman–Crippen MR) is 81.5 cm³/mol. The van der Waals surface area contributed by atoms with Crippen LogP contribution < -0.4 is 9.47 Å². The van der Waals surface area contributed by atoms with Crippen LogP contribution in [0.25, 0.3) is 0 Å². The molecule has 21 heavy (non-hydrogen) atoms. The maximum absolute atomic E-state index is 12.4. The fraction of sp³-hybridized carbons (Fsp3) is 0.250. The summed E-state index contributed by atoms with van der Waals surface area (Å²) in [4.78, 5) is 0.286. The fourth-order valence-corrected chi connectivity index (χ4v) is 3.31. The monoisotopic (exact) mass is 306 g/mol. The number of ether oxygens (including phenoxy) is 2. The SMILES string of the molecule is CCOc1ccc(S(=O)(=O)Cc2cccc(OC)c2)cc1. The summed E-state index contributed by atoms with van der Waals surface area (Å²) in [5.41, 5.74) is 0.697.